The number of aromatic amines is 1. The molecule has 2 rings (SSSR count). The van der Waals surface area contributed by atoms with E-state index in [0.29, 0.717) is 17.0 Å². The maximum absolute atomic E-state index is 5.75. The van der Waals surface area contributed by atoms with Gasteiger partial charge in [-0.3, -0.25) is 0 Å². The zero-order chi connectivity index (χ0) is 13.7. The van der Waals surface area contributed by atoms with Crippen molar-refractivity contribution in [3.05, 3.63) is 35.2 Å². The smallest absolute Gasteiger partial charge is 0.179 e. The van der Waals surface area contributed by atoms with E-state index in [9.17, 15) is 0 Å². The van der Waals surface area contributed by atoms with Gasteiger partial charge in [0.1, 0.15) is 5.75 Å². The maximum atomic E-state index is 5.75. The summed E-state index contributed by atoms with van der Waals surface area (Å²) < 4.78 is 11.5. The lowest BCUT2D eigenvalue weighted by Crippen LogP contribution is -1.99. The summed E-state index contributed by atoms with van der Waals surface area (Å²) in [5.41, 5.74) is 1.70. The molecule has 1 aromatic heterocycles. The van der Waals surface area contributed by atoms with Gasteiger partial charge in [0.25, 0.3) is 0 Å². The molecule has 0 spiro atoms. The van der Waals surface area contributed by atoms with Gasteiger partial charge in [-0.25, -0.2) is 4.98 Å². The van der Waals surface area contributed by atoms with Crippen LogP contribution >= 0.6 is 12.2 Å². The van der Waals surface area contributed by atoms with Crippen LogP contribution in [0.3, 0.4) is 0 Å². The van der Waals surface area contributed by atoms with Crippen LogP contribution in [0.1, 0.15) is 13.3 Å². The number of methoxy groups -OCH3 is 1. The molecule has 5 heteroatoms. The number of benzene rings is 1. The van der Waals surface area contributed by atoms with Crippen LogP contribution in [-0.2, 0) is 0 Å². The molecule has 0 aliphatic heterocycles. The summed E-state index contributed by atoms with van der Waals surface area (Å²) in [7, 11) is 1.58. The molecule has 0 fully saturated rings. The SMILES string of the molecule is CCCOc1ccccc1-c1[nH]cnc(=S)c1OC. The summed E-state index contributed by atoms with van der Waals surface area (Å²) in [6.07, 6.45) is 2.52. The minimum Gasteiger partial charge on any atom is -0.493 e. The molecule has 1 heterocycles. The normalized spacial score (nSPS) is 10.2. The molecule has 100 valence electrons. The topological polar surface area (TPSA) is 47.1 Å². The average Bonchev–Trinajstić information content (AvgIpc) is 2.45. The first-order valence-electron chi connectivity index (χ1n) is 6.11. The van der Waals surface area contributed by atoms with Gasteiger partial charge in [-0.05, 0) is 18.6 Å². The van der Waals surface area contributed by atoms with E-state index >= 15 is 0 Å². The summed E-state index contributed by atoms with van der Waals surface area (Å²) in [5, 5.41) is 0. The van der Waals surface area contributed by atoms with E-state index in [1.54, 1.807) is 13.4 Å². The first-order chi connectivity index (χ1) is 9.27. The minimum atomic E-state index is 0.432. The van der Waals surface area contributed by atoms with Gasteiger partial charge in [0.05, 0.1) is 25.7 Å². The molecular weight excluding hydrogens is 260 g/mol. The summed E-state index contributed by atoms with van der Waals surface area (Å²) in [5.74, 6) is 1.37. The van der Waals surface area contributed by atoms with Crippen LogP contribution in [0.25, 0.3) is 11.3 Å². The molecule has 0 aliphatic carbocycles. The second kappa shape index (κ2) is 6.33. The predicted octanol–water partition coefficient (Wildman–Crippen LogP) is 3.60. The second-order valence-electron chi connectivity index (χ2n) is 3.96. The van der Waals surface area contributed by atoms with Gasteiger partial charge in [0, 0.05) is 5.56 Å². The third-order valence-electron chi connectivity index (χ3n) is 2.63. The van der Waals surface area contributed by atoms with Crippen LogP contribution in [0.4, 0.5) is 0 Å². The van der Waals surface area contributed by atoms with Gasteiger partial charge >= 0.3 is 0 Å². The number of rotatable bonds is 5. The number of hydrogen-bond donors (Lipinski definition) is 1. The van der Waals surface area contributed by atoms with E-state index in [2.05, 4.69) is 16.9 Å². The highest BCUT2D eigenvalue weighted by atomic mass is 32.1. The van der Waals surface area contributed by atoms with Gasteiger partial charge in [-0.15, -0.1) is 0 Å². The third kappa shape index (κ3) is 2.93. The Morgan fingerprint density at radius 3 is 2.84 bits per heavy atom. The fraction of sp³-hybridized carbons (Fsp3) is 0.286. The van der Waals surface area contributed by atoms with Crippen molar-refractivity contribution in [1.29, 1.82) is 0 Å². The third-order valence-corrected chi connectivity index (χ3v) is 2.93. The number of para-hydroxylation sites is 1. The molecule has 4 nitrogen and oxygen atoms in total. The van der Waals surface area contributed by atoms with Gasteiger partial charge in [0.15, 0.2) is 10.4 Å². The zero-order valence-electron chi connectivity index (χ0n) is 11.0. The standard InChI is InChI=1S/C14H16N2O2S/c1-3-8-18-11-7-5-4-6-10(11)12-13(17-2)14(19)16-9-15-12/h4-7,9H,3,8H2,1-2H3,(H,15,16,19). The predicted molar refractivity (Wildman–Crippen MR) is 77.2 cm³/mol. The van der Waals surface area contributed by atoms with Crippen LogP contribution in [0.2, 0.25) is 0 Å². The molecule has 19 heavy (non-hydrogen) atoms. The summed E-state index contributed by atoms with van der Waals surface area (Å²) >= 11 is 5.17. The Hall–Kier alpha value is -1.88. The number of H-pyrrole nitrogens is 1. The van der Waals surface area contributed by atoms with Crippen LogP contribution < -0.4 is 9.47 Å². The van der Waals surface area contributed by atoms with Crippen LogP contribution in [0.15, 0.2) is 30.6 Å². The molecule has 0 saturated carbocycles. The Kier molecular flexibility index (Phi) is 4.52. The van der Waals surface area contributed by atoms with Crippen molar-refractivity contribution in [2.45, 2.75) is 13.3 Å². The molecule has 1 aromatic carbocycles. The number of nitrogens with zero attached hydrogens (tertiary/aromatic N) is 1. The highest BCUT2D eigenvalue weighted by molar-refractivity contribution is 7.71. The van der Waals surface area contributed by atoms with Crippen molar-refractivity contribution in [1.82, 2.24) is 9.97 Å². The van der Waals surface area contributed by atoms with Gasteiger partial charge < -0.3 is 14.5 Å². The molecule has 0 amide bonds. The van der Waals surface area contributed by atoms with E-state index in [0.717, 1.165) is 23.4 Å². The molecule has 0 unspecified atom stereocenters. The summed E-state index contributed by atoms with van der Waals surface area (Å²) in [6, 6.07) is 7.79. The quantitative estimate of drug-likeness (QED) is 0.848. The number of hydrogen-bond acceptors (Lipinski definition) is 4. The first-order valence-corrected chi connectivity index (χ1v) is 6.52. The van der Waals surface area contributed by atoms with Crippen molar-refractivity contribution in [2.75, 3.05) is 13.7 Å². The highest BCUT2D eigenvalue weighted by Crippen LogP contribution is 2.34. The lowest BCUT2D eigenvalue weighted by molar-refractivity contribution is 0.318. The highest BCUT2D eigenvalue weighted by Gasteiger charge is 2.13. The Morgan fingerprint density at radius 2 is 2.11 bits per heavy atom. The molecular formula is C14H16N2O2S. The van der Waals surface area contributed by atoms with Crippen LogP contribution in [0, 0.1) is 4.64 Å². The van der Waals surface area contributed by atoms with Crippen molar-refractivity contribution in [2.24, 2.45) is 0 Å². The summed E-state index contributed by atoms with van der Waals surface area (Å²) in [6.45, 7) is 2.74. The van der Waals surface area contributed by atoms with E-state index in [-0.39, 0.29) is 0 Å². The van der Waals surface area contributed by atoms with E-state index in [4.69, 9.17) is 21.7 Å². The first kappa shape index (κ1) is 13.5. The number of ether oxygens (including phenoxy) is 2. The van der Waals surface area contributed by atoms with Crippen molar-refractivity contribution in [3.63, 3.8) is 0 Å². The fourth-order valence-electron chi connectivity index (χ4n) is 1.79. The van der Waals surface area contributed by atoms with Crippen LogP contribution in [-0.4, -0.2) is 23.7 Å². The van der Waals surface area contributed by atoms with Gasteiger partial charge in [0.2, 0.25) is 0 Å². The van der Waals surface area contributed by atoms with Crippen molar-refractivity contribution < 1.29 is 9.47 Å². The van der Waals surface area contributed by atoms with E-state index in [1.807, 2.05) is 24.3 Å². The Balaban J connectivity index is 2.53. The Morgan fingerprint density at radius 1 is 1.32 bits per heavy atom. The maximum Gasteiger partial charge on any atom is 0.179 e. The second-order valence-corrected chi connectivity index (χ2v) is 4.35. The van der Waals surface area contributed by atoms with Crippen LogP contribution in [0.5, 0.6) is 11.5 Å². The van der Waals surface area contributed by atoms with Gasteiger partial charge in [-0.2, -0.15) is 0 Å². The van der Waals surface area contributed by atoms with Gasteiger partial charge in [-0.1, -0.05) is 31.3 Å². The molecule has 0 bridgehead atoms. The minimum absolute atomic E-state index is 0.432. The molecule has 0 aliphatic rings. The molecule has 0 atom stereocenters. The summed E-state index contributed by atoms with van der Waals surface area (Å²) in [4.78, 5) is 7.10. The molecule has 0 radical (unpaired) electrons. The molecule has 2 aromatic rings. The Bertz CT molecular complexity index is 610. The number of nitrogens with one attached hydrogen (secondary N) is 1. The molecule has 0 saturated heterocycles. The lowest BCUT2D eigenvalue weighted by Gasteiger charge is -2.13. The Labute approximate surface area is 117 Å². The lowest BCUT2D eigenvalue weighted by atomic mass is 10.1. The average molecular weight is 276 g/mol. The van der Waals surface area contributed by atoms with Crippen molar-refractivity contribution in [3.8, 4) is 22.8 Å². The van der Waals surface area contributed by atoms with Crippen molar-refractivity contribution >= 4 is 12.2 Å². The van der Waals surface area contributed by atoms with E-state index in [1.165, 1.54) is 0 Å². The van der Waals surface area contributed by atoms with E-state index < -0.39 is 0 Å². The zero-order valence-corrected chi connectivity index (χ0v) is 11.8. The molecule has 1 N–H and O–H groups in total. The monoisotopic (exact) mass is 276 g/mol. The largest absolute Gasteiger partial charge is 0.493 e. The fourth-order valence-corrected chi connectivity index (χ4v) is 2.03. The number of aromatic nitrogens is 2.